The van der Waals surface area contributed by atoms with E-state index in [0.29, 0.717) is 6.42 Å². The van der Waals surface area contributed by atoms with Gasteiger partial charge in [0.25, 0.3) is 5.91 Å². The maximum atomic E-state index is 12.3. The normalized spacial score (nSPS) is 19.8. The minimum absolute atomic E-state index is 0.0162. The maximum Gasteiger partial charge on any atom is 0.274 e. The molecule has 0 saturated heterocycles. The minimum atomic E-state index is -0.0284. The van der Waals surface area contributed by atoms with Crippen molar-refractivity contribution >= 4 is 11.6 Å². The molecule has 0 spiro atoms. The molecule has 2 heterocycles. The summed E-state index contributed by atoms with van der Waals surface area (Å²) in [4.78, 5) is 12.3. The number of fused-ring (bicyclic) bond motifs is 3. The number of hydrazone groups is 1. The van der Waals surface area contributed by atoms with E-state index in [1.165, 1.54) is 0 Å². The first-order chi connectivity index (χ1) is 9.74. The largest absolute Gasteiger partial charge is 0.508 e. The molecule has 0 aromatic heterocycles. The van der Waals surface area contributed by atoms with Gasteiger partial charge in [-0.3, -0.25) is 4.79 Å². The summed E-state index contributed by atoms with van der Waals surface area (Å²) in [5.74, 6) is 0.202. The third-order valence-corrected chi connectivity index (χ3v) is 3.87. The van der Waals surface area contributed by atoms with Gasteiger partial charge < -0.3 is 5.11 Å². The van der Waals surface area contributed by atoms with E-state index < -0.39 is 0 Å². The first-order valence-electron chi connectivity index (χ1n) is 6.53. The van der Waals surface area contributed by atoms with E-state index in [9.17, 15) is 9.90 Å². The molecule has 2 aliphatic rings. The van der Waals surface area contributed by atoms with Crippen molar-refractivity contribution in [2.24, 2.45) is 5.10 Å². The number of hydrogen-bond acceptors (Lipinski definition) is 3. The highest BCUT2D eigenvalue weighted by Crippen LogP contribution is 2.40. The molecule has 4 heteroatoms. The number of carbonyl (C=O) groups excluding carboxylic acids is 1. The molecule has 0 saturated carbocycles. The number of nitrogens with zero attached hydrogens (tertiary/aromatic N) is 2. The Morgan fingerprint density at radius 2 is 1.85 bits per heavy atom. The second-order valence-electron chi connectivity index (χ2n) is 5.05. The number of benzene rings is 2. The summed E-state index contributed by atoms with van der Waals surface area (Å²) in [5, 5.41) is 15.4. The number of phenols is 1. The average Bonchev–Trinajstić information content (AvgIpc) is 3.01. The zero-order valence-electron chi connectivity index (χ0n) is 10.7. The van der Waals surface area contributed by atoms with Gasteiger partial charge in [-0.1, -0.05) is 18.2 Å². The highest BCUT2D eigenvalue weighted by atomic mass is 16.3. The highest BCUT2D eigenvalue weighted by molar-refractivity contribution is 6.07. The Morgan fingerprint density at radius 3 is 2.65 bits per heavy atom. The summed E-state index contributed by atoms with van der Waals surface area (Å²) in [5.41, 5.74) is 3.64. The molecular formula is C16H12N2O2. The third-order valence-electron chi connectivity index (χ3n) is 3.87. The summed E-state index contributed by atoms with van der Waals surface area (Å²) >= 11 is 0. The quantitative estimate of drug-likeness (QED) is 0.861. The van der Waals surface area contributed by atoms with Gasteiger partial charge in [-0.25, -0.2) is 5.01 Å². The van der Waals surface area contributed by atoms with Crippen LogP contribution in [-0.4, -0.2) is 21.7 Å². The number of phenolic OH excluding ortho intramolecular Hbond substituents is 1. The number of amides is 1. The lowest BCUT2D eigenvalue weighted by atomic mass is 9.98. The molecular weight excluding hydrogens is 252 g/mol. The van der Waals surface area contributed by atoms with Crippen LogP contribution in [-0.2, 0) is 0 Å². The molecule has 2 aromatic carbocycles. The second-order valence-corrected chi connectivity index (χ2v) is 5.05. The summed E-state index contributed by atoms with van der Waals surface area (Å²) in [6.45, 7) is 0. The molecule has 0 aliphatic carbocycles. The molecule has 2 aromatic rings. The topological polar surface area (TPSA) is 52.9 Å². The molecule has 1 amide bonds. The Labute approximate surface area is 116 Å². The van der Waals surface area contributed by atoms with Crippen LogP contribution < -0.4 is 0 Å². The van der Waals surface area contributed by atoms with E-state index in [2.05, 4.69) is 5.10 Å². The molecule has 98 valence electrons. The van der Waals surface area contributed by atoms with Gasteiger partial charge >= 0.3 is 0 Å². The van der Waals surface area contributed by atoms with Gasteiger partial charge in [-0.15, -0.1) is 0 Å². The minimum Gasteiger partial charge on any atom is -0.508 e. The van der Waals surface area contributed by atoms with Crippen LogP contribution in [0.5, 0.6) is 5.75 Å². The molecule has 4 nitrogen and oxygen atoms in total. The molecule has 1 unspecified atom stereocenters. The van der Waals surface area contributed by atoms with Gasteiger partial charge in [-0.2, -0.15) is 5.10 Å². The van der Waals surface area contributed by atoms with Crippen molar-refractivity contribution < 1.29 is 9.90 Å². The summed E-state index contributed by atoms with van der Waals surface area (Å²) in [7, 11) is 0. The van der Waals surface area contributed by atoms with Gasteiger partial charge in [0.15, 0.2) is 0 Å². The van der Waals surface area contributed by atoms with Crippen molar-refractivity contribution in [3.05, 3.63) is 65.2 Å². The SMILES string of the molecule is O=C1c2ccccc2C2CC(c3ccc(O)cc3)=NN12. The fourth-order valence-corrected chi connectivity index (χ4v) is 2.87. The Bertz CT molecular complexity index is 734. The molecule has 0 fully saturated rings. The summed E-state index contributed by atoms with van der Waals surface area (Å²) in [6.07, 6.45) is 0.716. The van der Waals surface area contributed by atoms with Crippen molar-refractivity contribution in [2.75, 3.05) is 0 Å². The lowest BCUT2D eigenvalue weighted by Gasteiger charge is -2.10. The van der Waals surface area contributed by atoms with E-state index in [-0.39, 0.29) is 17.7 Å². The van der Waals surface area contributed by atoms with E-state index in [4.69, 9.17) is 0 Å². The Balaban J connectivity index is 1.72. The van der Waals surface area contributed by atoms with Crippen molar-refractivity contribution in [3.8, 4) is 5.75 Å². The molecule has 1 N–H and O–H groups in total. The van der Waals surface area contributed by atoms with Gasteiger partial charge in [0.1, 0.15) is 5.75 Å². The number of aromatic hydroxyl groups is 1. The van der Waals surface area contributed by atoms with Gasteiger partial charge in [-0.05, 0) is 41.5 Å². The Kier molecular flexibility index (Phi) is 2.21. The van der Waals surface area contributed by atoms with Crippen molar-refractivity contribution in [1.82, 2.24) is 5.01 Å². The van der Waals surface area contributed by atoms with Gasteiger partial charge in [0.2, 0.25) is 0 Å². The Hall–Kier alpha value is -2.62. The lowest BCUT2D eigenvalue weighted by Crippen LogP contribution is -2.17. The predicted octanol–water partition coefficient (Wildman–Crippen LogP) is 2.70. The molecule has 20 heavy (non-hydrogen) atoms. The summed E-state index contributed by atoms with van der Waals surface area (Å²) in [6, 6.07) is 14.6. The standard InChI is InChI=1S/C16H12N2O2/c19-11-7-5-10(6-8-11)14-9-15-12-3-1-2-4-13(12)16(20)18(15)17-14/h1-8,15,19H,9H2. The maximum absolute atomic E-state index is 12.3. The highest BCUT2D eigenvalue weighted by Gasteiger charge is 2.41. The number of rotatable bonds is 1. The van der Waals surface area contributed by atoms with Crippen LogP contribution >= 0.6 is 0 Å². The fraction of sp³-hybridized carbons (Fsp3) is 0.125. The first-order valence-corrected chi connectivity index (χ1v) is 6.53. The van der Waals surface area contributed by atoms with Crippen LogP contribution in [0.1, 0.15) is 33.9 Å². The molecule has 0 radical (unpaired) electrons. The van der Waals surface area contributed by atoms with Crippen molar-refractivity contribution in [1.29, 1.82) is 0 Å². The van der Waals surface area contributed by atoms with E-state index in [0.717, 1.165) is 22.4 Å². The van der Waals surface area contributed by atoms with Crippen LogP contribution in [0.15, 0.2) is 53.6 Å². The van der Waals surface area contributed by atoms with Gasteiger partial charge in [0, 0.05) is 12.0 Å². The number of hydrogen-bond donors (Lipinski definition) is 1. The van der Waals surface area contributed by atoms with Crippen LogP contribution in [0.25, 0.3) is 0 Å². The zero-order valence-corrected chi connectivity index (χ0v) is 10.7. The fourth-order valence-electron chi connectivity index (χ4n) is 2.87. The molecule has 0 bridgehead atoms. The summed E-state index contributed by atoms with van der Waals surface area (Å²) < 4.78 is 0. The van der Waals surface area contributed by atoms with Crippen LogP contribution in [0, 0.1) is 0 Å². The zero-order chi connectivity index (χ0) is 13.7. The predicted molar refractivity (Wildman–Crippen MR) is 74.6 cm³/mol. The van der Waals surface area contributed by atoms with Gasteiger partial charge in [0.05, 0.1) is 11.8 Å². The smallest absolute Gasteiger partial charge is 0.274 e. The molecule has 1 atom stereocenters. The van der Waals surface area contributed by atoms with Crippen LogP contribution in [0.4, 0.5) is 0 Å². The number of carbonyl (C=O) groups is 1. The van der Waals surface area contributed by atoms with Crippen LogP contribution in [0.2, 0.25) is 0 Å². The van der Waals surface area contributed by atoms with E-state index in [1.54, 1.807) is 17.1 Å². The second kappa shape index (κ2) is 3.93. The first kappa shape index (κ1) is 11.2. The Morgan fingerprint density at radius 1 is 1.10 bits per heavy atom. The van der Waals surface area contributed by atoms with Crippen LogP contribution in [0.3, 0.4) is 0 Å². The van der Waals surface area contributed by atoms with E-state index >= 15 is 0 Å². The molecule has 4 rings (SSSR count). The molecule has 2 aliphatic heterocycles. The van der Waals surface area contributed by atoms with E-state index in [1.807, 2.05) is 36.4 Å². The van der Waals surface area contributed by atoms with Crippen molar-refractivity contribution in [2.45, 2.75) is 12.5 Å². The third kappa shape index (κ3) is 1.48. The lowest BCUT2D eigenvalue weighted by molar-refractivity contribution is 0.0756. The van der Waals surface area contributed by atoms with Crippen molar-refractivity contribution in [3.63, 3.8) is 0 Å². The monoisotopic (exact) mass is 264 g/mol. The average molecular weight is 264 g/mol.